The Bertz CT molecular complexity index is 931. The van der Waals surface area contributed by atoms with E-state index in [9.17, 15) is 15.0 Å². The number of rotatable bonds is 2. The molecular weight excluding hydrogens is 382 g/mol. The molecule has 0 saturated carbocycles. The highest BCUT2D eigenvalue weighted by Crippen LogP contribution is 2.31. The lowest BCUT2D eigenvalue weighted by Crippen LogP contribution is -2.29. The second-order valence-electron chi connectivity index (χ2n) is 5.41. The Labute approximate surface area is 154 Å². The molecule has 0 aliphatic carbocycles. The van der Waals surface area contributed by atoms with Gasteiger partial charge in [0.15, 0.2) is 17.5 Å². The highest BCUT2D eigenvalue weighted by molar-refractivity contribution is 7.79. The van der Waals surface area contributed by atoms with Gasteiger partial charge in [-0.25, -0.2) is 0 Å². The number of nitrogens with two attached hydrogens (primary N) is 2. The summed E-state index contributed by atoms with van der Waals surface area (Å²) in [7, 11) is -2.94. The molecule has 0 fully saturated rings. The van der Waals surface area contributed by atoms with Crippen LogP contribution in [0.3, 0.4) is 0 Å². The number of hydrogen-bond donors (Lipinski definition) is 7. The summed E-state index contributed by atoms with van der Waals surface area (Å²) in [5.41, 5.74) is 12.5. The van der Waals surface area contributed by atoms with Crippen LogP contribution in [-0.4, -0.2) is 69.6 Å². The highest BCUT2D eigenvalue weighted by atomic mass is 32.3. The van der Waals surface area contributed by atoms with Crippen molar-refractivity contribution in [2.75, 3.05) is 20.1 Å². The molecule has 1 amide bonds. The van der Waals surface area contributed by atoms with Gasteiger partial charge in [-0.15, -0.1) is 0 Å². The zero-order valence-corrected chi connectivity index (χ0v) is 15.1. The van der Waals surface area contributed by atoms with E-state index in [0.717, 1.165) is 22.9 Å². The van der Waals surface area contributed by atoms with Crippen LogP contribution in [0.1, 0.15) is 5.56 Å². The first-order valence-corrected chi connectivity index (χ1v) is 8.82. The number of aliphatic imine (C=N–C) groups is 1. The third kappa shape index (κ3) is 7.49. The Morgan fingerprint density at radius 3 is 2.22 bits per heavy atom. The minimum atomic E-state index is -4.67. The van der Waals surface area contributed by atoms with E-state index in [1.54, 1.807) is 18.0 Å². The molecule has 12 nitrogen and oxygen atoms in total. The fourth-order valence-corrected chi connectivity index (χ4v) is 2.10. The Hall–Kier alpha value is -2.87. The summed E-state index contributed by atoms with van der Waals surface area (Å²) in [6.45, 7) is 0.889. The van der Waals surface area contributed by atoms with Crippen molar-refractivity contribution in [3.05, 3.63) is 23.9 Å². The number of likely N-dealkylation sites (N-methyl/N-ethyl adjacent to an activating group) is 1. The predicted molar refractivity (Wildman–Crippen MR) is 97.8 cm³/mol. The number of aromatic hydroxyl groups is 2. The van der Waals surface area contributed by atoms with Gasteiger partial charge < -0.3 is 31.6 Å². The number of nitrogens with one attached hydrogen (secondary N) is 1. The van der Waals surface area contributed by atoms with Crippen LogP contribution >= 0.6 is 0 Å². The monoisotopic (exact) mass is 403 g/mol. The van der Waals surface area contributed by atoms with E-state index in [-0.39, 0.29) is 17.4 Å². The number of carbonyl (C=O) groups is 1. The fourth-order valence-electron chi connectivity index (χ4n) is 2.10. The number of hydrogen-bond acceptors (Lipinski definition) is 8. The lowest BCUT2D eigenvalue weighted by molar-refractivity contribution is -0.116. The summed E-state index contributed by atoms with van der Waals surface area (Å²) in [5.74, 6) is -0.0611. The van der Waals surface area contributed by atoms with E-state index in [1.807, 2.05) is 6.20 Å². The molecule has 13 heteroatoms. The average molecular weight is 403 g/mol. The van der Waals surface area contributed by atoms with Crippen molar-refractivity contribution in [1.29, 1.82) is 0 Å². The summed E-state index contributed by atoms with van der Waals surface area (Å²) in [6, 6.07) is 3.05. The number of fused-ring (bicyclic) bond motifs is 1. The van der Waals surface area contributed by atoms with Crippen molar-refractivity contribution in [2.45, 2.75) is 6.42 Å². The second-order valence-corrected chi connectivity index (χ2v) is 6.30. The van der Waals surface area contributed by atoms with E-state index >= 15 is 0 Å². The maximum atomic E-state index is 10.4. The number of H-pyrrole nitrogens is 1. The molecule has 2 heterocycles. The van der Waals surface area contributed by atoms with Gasteiger partial charge in [0.1, 0.15) is 6.54 Å². The van der Waals surface area contributed by atoms with Gasteiger partial charge in [0.25, 0.3) is 5.91 Å². The number of nitrogens with zero attached hydrogens (tertiary/aromatic N) is 2. The average Bonchev–Trinajstić information content (AvgIpc) is 3.02. The Kier molecular flexibility index (Phi) is 7.54. The van der Waals surface area contributed by atoms with E-state index in [0.29, 0.717) is 19.0 Å². The first kappa shape index (κ1) is 22.2. The molecule has 1 aliphatic rings. The Morgan fingerprint density at radius 2 is 1.81 bits per heavy atom. The van der Waals surface area contributed by atoms with Crippen LogP contribution in [0.25, 0.3) is 10.9 Å². The molecule has 0 unspecified atom stereocenters. The molecule has 0 atom stereocenters. The molecule has 27 heavy (non-hydrogen) atoms. The number of aromatic nitrogens is 1. The van der Waals surface area contributed by atoms with Gasteiger partial charge in [0.05, 0.1) is 0 Å². The molecular formula is C14H21N5O7S. The smallest absolute Gasteiger partial charge is 0.394 e. The van der Waals surface area contributed by atoms with Crippen molar-refractivity contribution < 1.29 is 32.5 Å². The zero-order chi connectivity index (χ0) is 20.8. The van der Waals surface area contributed by atoms with Gasteiger partial charge in [-0.2, -0.15) is 13.4 Å². The number of amides is 1. The summed E-state index contributed by atoms with van der Waals surface area (Å²) in [5, 5.41) is 19.5. The fraction of sp³-hybridized carbons (Fsp3) is 0.286. The van der Waals surface area contributed by atoms with Crippen molar-refractivity contribution in [1.82, 2.24) is 9.88 Å². The minimum absolute atomic E-state index is 0.102. The second kappa shape index (κ2) is 9.18. The van der Waals surface area contributed by atoms with E-state index < -0.39 is 10.4 Å². The molecule has 0 bridgehead atoms. The third-order valence-corrected chi connectivity index (χ3v) is 3.28. The maximum absolute atomic E-state index is 10.4. The molecule has 0 radical (unpaired) electrons. The molecule has 1 aromatic carbocycles. The van der Waals surface area contributed by atoms with E-state index in [1.165, 1.54) is 6.07 Å². The van der Waals surface area contributed by atoms with Gasteiger partial charge in [-0.3, -0.25) is 13.9 Å². The van der Waals surface area contributed by atoms with Crippen molar-refractivity contribution in [3.8, 4) is 11.5 Å². The topological polar surface area (TPSA) is 216 Å². The number of phenols is 2. The van der Waals surface area contributed by atoms with Crippen LogP contribution in [0, 0.1) is 0 Å². The van der Waals surface area contributed by atoms with Gasteiger partial charge >= 0.3 is 10.4 Å². The van der Waals surface area contributed by atoms with Crippen molar-refractivity contribution >= 4 is 33.2 Å². The van der Waals surface area contributed by atoms with Crippen molar-refractivity contribution in [2.24, 2.45) is 16.5 Å². The van der Waals surface area contributed by atoms with Gasteiger partial charge in [-0.1, -0.05) is 0 Å². The Balaban J connectivity index is 0.000000237. The first-order valence-electron chi connectivity index (χ1n) is 7.42. The molecule has 0 spiro atoms. The SMILES string of the molecule is CN1CC(=O)N=C1N.NCCc1c[nH]c2cc(O)c(O)cc12.O=S(=O)(O)O. The number of aromatic amines is 1. The molecule has 3 rings (SSSR count). The van der Waals surface area contributed by atoms with Crippen LogP contribution in [0.15, 0.2) is 23.3 Å². The van der Waals surface area contributed by atoms with Gasteiger partial charge in [-0.05, 0) is 24.6 Å². The van der Waals surface area contributed by atoms with Gasteiger partial charge in [0.2, 0.25) is 0 Å². The standard InChI is InChI=1S/C10H12N2O2.C4H7N3O.H2O4S/c11-2-1-6-5-12-8-4-10(14)9(13)3-7(6)8;1-7-2-3(8)6-4(7)5;1-5(2,3)4/h3-5,12-14H,1-2,11H2;2H2,1H3,(H2,5,6,8);(H2,1,2,3,4). The molecule has 1 aromatic heterocycles. The van der Waals surface area contributed by atoms with Crippen LogP contribution in [-0.2, 0) is 21.6 Å². The lowest BCUT2D eigenvalue weighted by atomic mass is 10.1. The number of guanidine groups is 1. The number of phenolic OH excluding ortho intramolecular Hbond substituents is 2. The molecule has 150 valence electrons. The predicted octanol–water partition coefficient (Wildman–Crippen LogP) is -0.799. The lowest BCUT2D eigenvalue weighted by Gasteiger charge is -2.05. The van der Waals surface area contributed by atoms with Crippen LogP contribution in [0.5, 0.6) is 11.5 Å². The maximum Gasteiger partial charge on any atom is 0.394 e. The van der Waals surface area contributed by atoms with Crippen molar-refractivity contribution in [3.63, 3.8) is 0 Å². The summed E-state index contributed by atoms with van der Waals surface area (Å²) in [6.07, 6.45) is 2.60. The number of benzene rings is 1. The first-order chi connectivity index (χ1) is 12.4. The van der Waals surface area contributed by atoms with Gasteiger partial charge in [0, 0.05) is 30.2 Å². The molecule has 9 N–H and O–H groups in total. The molecule has 2 aromatic rings. The van der Waals surface area contributed by atoms with Crippen LogP contribution in [0.2, 0.25) is 0 Å². The summed E-state index contributed by atoms with van der Waals surface area (Å²) in [4.78, 5) is 18.4. The van der Waals surface area contributed by atoms with Crippen LogP contribution < -0.4 is 11.5 Å². The molecule has 1 aliphatic heterocycles. The zero-order valence-electron chi connectivity index (χ0n) is 14.3. The van der Waals surface area contributed by atoms with Crippen LogP contribution in [0.4, 0.5) is 0 Å². The normalized spacial score (nSPS) is 13.6. The summed E-state index contributed by atoms with van der Waals surface area (Å²) >= 11 is 0. The highest BCUT2D eigenvalue weighted by Gasteiger charge is 2.15. The quantitative estimate of drug-likeness (QED) is 0.244. The summed E-state index contributed by atoms with van der Waals surface area (Å²) < 4.78 is 31.6. The van der Waals surface area contributed by atoms with E-state index in [4.69, 9.17) is 29.0 Å². The largest absolute Gasteiger partial charge is 0.504 e. The number of carbonyl (C=O) groups excluding carboxylic acids is 1. The molecule has 0 saturated heterocycles. The Morgan fingerprint density at radius 1 is 1.26 bits per heavy atom. The minimum Gasteiger partial charge on any atom is -0.504 e. The third-order valence-electron chi connectivity index (χ3n) is 3.28. The van der Waals surface area contributed by atoms with E-state index in [2.05, 4.69) is 9.98 Å².